The molecule has 1 atom stereocenters. The fourth-order valence-corrected chi connectivity index (χ4v) is 6.56. The molecule has 0 fully saturated rings. The number of esters is 1. The van der Waals surface area contributed by atoms with Crippen molar-refractivity contribution in [1.82, 2.24) is 0 Å². The van der Waals surface area contributed by atoms with Crippen LogP contribution >= 0.6 is 0 Å². The molecule has 0 aliphatic rings. The Morgan fingerprint density at radius 3 is 0.978 bits per heavy atom. The lowest BCUT2D eigenvalue weighted by atomic mass is 10.0. The molecule has 0 amide bonds. The van der Waals surface area contributed by atoms with Gasteiger partial charge in [0.2, 0.25) is 0 Å². The summed E-state index contributed by atoms with van der Waals surface area (Å²) in [5.74, 6) is -1.08. The van der Waals surface area contributed by atoms with Gasteiger partial charge >= 0.3 is 11.9 Å². The number of unbranched alkanes of at least 4 members (excludes halogenated alkanes) is 31. The quantitative estimate of drug-likeness (QED) is 0.0541. The van der Waals surface area contributed by atoms with E-state index in [1.807, 2.05) is 0 Å². The van der Waals surface area contributed by atoms with E-state index in [2.05, 4.69) is 13.8 Å². The van der Waals surface area contributed by atoms with E-state index in [0.717, 1.165) is 25.7 Å². The Bertz CT molecular complexity index is 604. The van der Waals surface area contributed by atoms with Crippen molar-refractivity contribution in [2.45, 2.75) is 251 Å². The number of ether oxygens (including phenoxy) is 1. The Labute approximate surface area is 282 Å². The molecule has 1 unspecified atom stereocenters. The summed E-state index contributed by atoms with van der Waals surface area (Å²) in [4.78, 5) is 23.6. The number of hydrogen-bond acceptors (Lipinski definition) is 3. The first kappa shape index (κ1) is 43.9. The Kier molecular flexibility index (Phi) is 36.5. The molecule has 4 nitrogen and oxygen atoms in total. The number of carboxylic acid groups (broad SMARTS) is 1. The van der Waals surface area contributed by atoms with E-state index in [4.69, 9.17) is 4.74 Å². The summed E-state index contributed by atoms with van der Waals surface area (Å²) in [5.41, 5.74) is 0. The number of aliphatic carboxylic acids is 1. The summed E-state index contributed by atoms with van der Waals surface area (Å²) in [6.45, 7) is 4.55. The Hall–Kier alpha value is -1.06. The molecule has 0 heterocycles. The zero-order chi connectivity index (χ0) is 32.9. The highest BCUT2D eigenvalue weighted by atomic mass is 16.5. The second-order valence-corrected chi connectivity index (χ2v) is 14.2. The van der Waals surface area contributed by atoms with Gasteiger partial charge < -0.3 is 9.84 Å². The molecule has 0 saturated heterocycles. The summed E-state index contributed by atoms with van der Waals surface area (Å²) >= 11 is 0. The summed E-state index contributed by atoms with van der Waals surface area (Å²) in [7, 11) is 0. The van der Waals surface area contributed by atoms with Crippen LogP contribution < -0.4 is 0 Å². The smallest absolute Gasteiger partial charge is 0.307 e. The third-order valence-electron chi connectivity index (χ3n) is 9.56. The van der Waals surface area contributed by atoms with Crippen LogP contribution in [0.15, 0.2) is 0 Å². The van der Waals surface area contributed by atoms with E-state index in [1.54, 1.807) is 0 Å². The van der Waals surface area contributed by atoms with Crippen LogP contribution in [0.4, 0.5) is 0 Å². The zero-order valence-electron chi connectivity index (χ0n) is 30.7. The van der Waals surface area contributed by atoms with Gasteiger partial charge in [-0.25, -0.2) is 0 Å². The van der Waals surface area contributed by atoms with E-state index >= 15 is 0 Å². The third kappa shape index (κ3) is 37.3. The van der Waals surface area contributed by atoms with Crippen molar-refractivity contribution in [3.63, 3.8) is 0 Å². The number of rotatable bonds is 38. The predicted octanol–water partition coefficient (Wildman–Crippen LogP) is 14.1. The number of hydrogen-bond donors (Lipinski definition) is 1. The predicted molar refractivity (Wildman–Crippen MR) is 195 cm³/mol. The minimum absolute atomic E-state index is 0.0664. The highest BCUT2D eigenvalue weighted by molar-refractivity contribution is 5.71. The van der Waals surface area contributed by atoms with Crippen LogP contribution in [0, 0.1) is 0 Å². The van der Waals surface area contributed by atoms with Crippen LogP contribution in [0.2, 0.25) is 0 Å². The number of carboxylic acids is 1. The number of carbonyl (C=O) groups excluding carboxylic acids is 1. The monoisotopic (exact) mass is 637 g/mol. The van der Waals surface area contributed by atoms with E-state index in [0.29, 0.717) is 12.8 Å². The molecule has 0 aromatic rings. The molecule has 0 aromatic heterocycles. The van der Waals surface area contributed by atoms with Gasteiger partial charge in [0.05, 0.1) is 6.42 Å². The molecule has 0 radical (unpaired) electrons. The first-order valence-corrected chi connectivity index (χ1v) is 20.5. The fourth-order valence-electron chi connectivity index (χ4n) is 6.56. The molecule has 268 valence electrons. The second kappa shape index (κ2) is 37.4. The van der Waals surface area contributed by atoms with Crippen LogP contribution in [0.5, 0.6) is 0 Å². The van der Waals surface area contributed by atoms with Crippen molar-refractivity contribution >= 4 is 11.9 Å². The SMILES string of the molecule is CCCCCCCCCCCCCCCCCCCCCCCC(=O)OC(CCCCCCCCCCCCCC)CC(=O)O. The lowest BCUT2D eigenvalue weighted by Gasteiger charge is -2.16. The molecule has 1 N–H and O–H groups in total. The molecule has 45 heavy (non-hydrogen) atoms. The van der Waals surface area contributed by atoms with Gasteiger partial charge in [-0.2, -0.15) is 0 Å². The van der Waals surface area contributed by atoms with Gasteiger partial charge in [0.15, 0.2) is 0 Å². The molecule has 0 spiro atoms. The van der Waals surface area contributed by atoms with E-state index in [1.165, 1.54) is 186 Å². The highest BCUT2D eigenvalue weighted by Crippen LogP contribution is 2.18. The van der Waals surface area contributed by atoms with Crippen LogP contribution in [0.25, 0.3) is 0 Å². The average Bonchev–Trinajstić information content (AvgIpc) is 3.02. The van der Waals surface area contributed by atoms with E-state index < -0.39 is 12.1 Å². The van der Waals surface area contributed by atoms with Crippen LogP contribution in [0.1, 0.15) is 245 Å². The molecule has 0 aliphatic carbocycles. The summed E-state index contributed by atoms with van der Waals surface area (Å²) in [5, 5.41) is 9.25. The van der Waals surface area contributed by atoms with Gasteiger partial charge in [-0.15, -0.1) is 0 Å². The molecule has 4 heteroatoms. The molecule has 0 rings (SSSR count). The maximum absolute atomic E-state index is 12.3. The average molecular weight is 637 g/mol. The van der Waals surface area contributed by atoms with Gasteiger partial charge in [-0.05, 0) is 19.3 Å². The van der Waals surface area contributed by atoms with Gasteiger partial charge in [-0.1, -0.05) is 213 Å². The minimum Gasteiger partial charge on any atom is -0.481 e. The van der Waals surface area contributed by atoms with E-state index in [-0.39, 0.29) is 12.4 Å². The lowest BCUT2D eigenvalue weighted by Crippen LogP contribution is -2.21. The molecule has 0 aliphatic heterocycles. The summed E-state index contributed by atoms with van der Waals surface area (Å²) < 4.78 is 5.59. The maximum Gasteiger partial charge on any atom is 0.307 e. The Morgan fingerprint density at radius 2 is 0.689 bits per heavy atom. The summed E-state index contributed by atoms with van der Waals surface area (Å²) in [6.07, 6.45) is 44.2. The minimum atomic E-state index is -0.874. The first-order chi connectivity index (χ1) is 22.1. The Morgan fingerprint density at radius 1 is 0.422 bits per heavy atom. The lowest BCUT2D eigenvalue weighted by molar-refractivity contribution is -0.153. The van der Waals surface area contributed by atoms with Crippen LogP contribution in [-0.2, 0) is 14.3 Å². The second-order valence-electron chi connectivity index (χ2n) is 14.2. The van der Waals surface area contributed by atoms with Gasteiger partial charge in [0.1, 0.15) is 6.10 Å². The van der Waals surface area contributed by atoms with Crippen molar-refractivity contribution in [3.05, 3.63) is 0 Å². The molecular formula is C41H80O4. The molecule has 0 saturated carbocycles. The van der Waals surface area contributed by atoms with Crippen molar-refractivity contribution < 1.29 is 19.4 Å². The molecular weight excluding hydrogens is 556 g/mol. The van der Waals surface area contributed by atoms with Gasteiger partial charge in [-0.3, -0.25) is 9.59 Å². The standard InChI is InChI=1S/C41H80O4/c1-3-5-7-9-11-13-15-17-18-19-20-21-22-23-24-25-27-29-31-33-35-37-41(44)45-39(38-40(42)43)36-34-32-30-28-26-16-14-12-10-8-6-4-2/h39H,3-38H2,1-2H3,(H,42,43). The van der Waals surface area contributed by atoms with Crippen molar-refractivity contribution in [2.75, 3.05) is 0 Å². The van der Waals surface area contributed by atoms with Gasteiger partial charge in [0, 0.05) is 6.42 Å². The van der Waals surface area contributed by atoms with E-state index in [9.17, 15) is 14.7 Å². The number of carbonyl (C=O) groups is 2. The highest BCUT2D eigenvalue weighted by Gasteiger charge is 2.17. The van der Waals surface area contributed by atoms with Gasteiger partial charge in [0.25, 0.3) is 0 Å². The van der Waals surface area contributed by atoms with Crippen molar-refractivity contribution in [3.8, 4) is 0 Å². The normalized spacial score (nSPS) is 12.0. The largest absolute Gasteiger partial charge is 0.481 e. The maximum atomic E-state index is 12.3. The van der Waals surface area contributed by atoms with Crippen LogP contribution in [0.3, 0.4) is 0 Å². The third-order valence-corrected chi connectivity index (χ3v) is 9.56. The van der Waals surface area contributed by atoms with Crippen molar-refractivity contribution in [1.29, 1.82) is 0 Å². The fraction of sp³-hybridized carbons (Fsp3) is 0.951. The first-order valence-electron chi connectivity index (χ1n) is 20.5. The Balaban J connectivity index is 3.53. The van der Waals surface area contributed by atoms with Crippen molar-refractivity contribution in [2.24, 2.45) is 0 Å². The zero-order valence-corrected chi connectivity index (χ0v) is 30.7. The topological polar surface area (TPSA) is 63.6 Å². The van der Waals surface area contributed by atoms with Crippen LogP contribution in [-0.4, -0.2) is 23.1 Å². The molecule has 0 bridgehead atoms. The summed E-state index contributed by atoms with van der Waals surface area (Å²) in [6, 6.07) is 0. The molecule has 0 aromatic carbocycles.